The highest BCUT2D eigenvalue weighted by atomic mass is 35.5. The largest absolute Gasteiger partial charge is 0.329 e. The lowest BCUT2D eigenvalue weighted by Gasteiger charge is -2.49. The molecule has 3 saturated heterocycles. The molecule has 4 amide bonds. The van der Waals surface area contributed by atoms with E-state index >= 15 is 4.39 Å². The van der Waals surface area contributed by atoms with Gasteiger partial charge in [0, 0.05) is 47.9 Å². The SMILES string of the molecule is CN1[C@@H](C(=O)Nc2ccc(CN3CCC(CCc4ccc5c(c4)n(C)c(=O)n5C4CCC(=O)NC4=O)CC3)cc2)[C@H](c2cccc(Cl)c2F)[C@]2(C(=O)Nc3cc(Cl)ccc32)C12CCCCC2. The number of aryl methyl sites for hydroxylation is 2. The summed E-state index contributed by atoms with van der Waals surface area (Å²) in [5.41, 5.74) is 3.59. The van der Waals surface area contributed by atoms with Crippen molar-refractivity contribution in [3.8, 4) is 0 Å². The normalized spacial score (nSPS) is 24.6. The average Bonchev–Trinajstić information content (AvgIpc) is 3.82. The summed E-state index contributed by atoms with van der Waals surface area (Å²) in [6.07, 6.45) is 8.65. The molecule has 5 aliphatic rings. The molecule has 1 unspecified atom stereocenters. The minimum Gasteiger partial charge on any atom is -0.325 e. The number of benzene rings is 4. The van der Waals surface area contributed by atoms with Crippen LogP contribution in [0.3, 0.4) is 0 Å². The van der Waals surface area contributed by atoms with E-state index in [4.69, 9.17) is 23.2 Å². The van der Waals surface area contributed by atoms with Crippen LogP contribution < -0.4 is 21.6 Å². The van der Waals surface area contributed by atoms with Crippen molar-refractivity contribution >= 4 is 69.2 Å². The first-order valence-electron chi connectivity index (χ1n) is 23.2. The fourth-order valence-corrected chi connectivity index (χ4v) is 12.9. The van der Waals surface area contributed by atoms with Crippen molar-refractivity contribution in [2.24, 2.45) is 13.0 Å². The summed E-state index contributed by atoms with van der Waals surface area (Å²) in [4.78, 5) is 71.8. The van der Waals surface area contributed by atoms with Crippen LogP contribution in [0.1, 0.15) is 98.4 Å². The minimum absolute atomic E-state index is 0.0609. The van der Waals surface area contributed by atoms with Gasteiger partial charge in [0.05, 0.1) is 22.1 Å². The molecule has 66 heavy (non-hydrogen) atoms. The van der Waals surface area contributed by atoms with Gasteiger partial charge in [0.1, 0.15) is 17.3 Å². The van der Waals surface area contributed by atoms with Crippen LogP contribution in [0.2, 0.25) is 10.0 Å². The molecular formula is C51H54Cl2FN7O5. The zero-order valence-corrected chi connectivity index (χ0v) is 38.7. The lowest BCUT2D eigenvalue weighted by Crippen LogP contribution is -2.60. The number of carbonyl (C=O) groups excluding carboxylic acids is 4. The number of imidazole rings is 1. The van der Waals surface area contributed by atoms with Crippen molar-refractivity contribution in [1.29, 1.82) is 0 Å². The summed E-state index contributed by atoms with van der Waals surface area (Å²) in [6, 6.07) is 22.6. The Morgan fingerprint density at radius 2 is 1.59 bits per heavy atom. The maximum atomic E-state index is 16.4. The Labute approximate surface area is 392 Å². The van der Waals surface area contributed by atoms with Crippen molar-refractivity contribution < 1.29 is 23.6 Å². The van der Waals surface area contributed by atoms with Crippen molar-refractivity contribution in [2.45, 2.75) is 106 Å². The number of piperidine rings is 2. The molecule has 4 aliphatic heterocycles. The number of likely N-dealkylation sites (N-methyl/N-ethyl adjacent to an activating group) is 1. The Kier molecular flexibility index (Phi) is 11.7. The highest BCUT2D eigenvalue weighted by Crippen LogP contribution is 2.66. The fourth-order valence-electron chi connectivity index (χ4n) is 12.5. The van der Waals surface area contributed by atoms with Crippen molar-refractivity contribution in [3.05, 3.63) is 127 Å². The predicted octanol–water partition coefficient (Wildman–Crippen LogP) is 8.24. The summed E-state index contributed by atoms with van der Waals surface area (Å²) < 4.78 is 19.6. The Hall–Kier alpha value is -5.34. The molecule has 2 spiro atoms. The van der Waals surface area contributed by atoms with Gasteiger partial charge in [-0.05, 0) is 136 Å². The van der Waals surface area contributed by atoms with Crippen LogP contribution >= 0.6 is 23.2 Å². The molecule has 4 atom stereocenters. The molecule has 1 aromatic heterocycles. The quantitative estimate of drug-likeness (QED) is 0.127. The molecule has 344 valence electrons. The number of anilines is 2. The van der Waals surface area contributed by atoms with Crippen molar-refractivity contribution in [2.75, 3.05) is 30.8 Å². The van der Waals surface area contributed by atoms with E-state index in [1.807, 2.05) is 49.5 Å². The van der Waals surface area contributed by atoms with E-state index in [-0.39, 0.29) is 40.4 Å². The van der Waals surface area contributed by atoms with E-state index in [0.717, 1.165) is 86.8 Å². The third-order valence-electron chi connectivity index (χ3n) is 15.7. The molecule has 4 fully saturated rings. The topological polar surface area (TPSA) is 138 Å². The number of fused-ring (bicyclic) bond motifs is 4. The Bertz CT molecular complexity index is 2830. The van der Waals surface area contributed by atoms with Crippen LogP contribution in [0.15, 0.2) is 83.7 Å². The van der Waals surface area contributed by atoms with Crippen LogP contribution in [0.4, 0.5) is 15.8 Å². The molecule has 3 N–H and O–H groups in total. The number of nitrogens with zero attached hydrogens (tertiary/aromatic N) is 4. The van der Waals surface area contributed by atoms with Gasteiger partial charge in [-0.25, -0.2) is 9.18 Å². The number of likely N-dealkylation sites (tertiary alicyclic amines) is 2. The Balaban J connectivity index is 0.809. The molecule has 5 heterocycles. The molecule has 12 nitrogen and oxygen atoms in total. The second-order valence-electron chi connectivity index (χ2n) is 19.2. The van der Waals surface area contributed by atoms with Crippen LogP contribution in [0.5, 0.6) is 0 Å². The summed E-state index contributed by atoms with van der Waals surface area (Å²) in [5.74, 6) is -2.28. The van der Waals surface area contributed by atoms with E-state index in [2.05, 4.69) is 31.8 Å². The lowest BCUT2D eigenvalue weighted by atomic mass is 9.55. The molecule has 1 saturated carbocycles. The van der Waals surface area contributed by atoms with Gasteiger partial charge in [-0.3, -0.25) is 43.4 Å². The van der Waals surface area contributed by atoms with E-state index in [1.54, 1.807) is 35.9 Å². The number of rotatable bonds is 9. The zero-order valence-electron chi connectivity index (χ0n) is 37.2. The molecular weight excluding hydrogens is 881 g/mol. The van der Waals surface area contributed by atoms with Gasteiger partial charge in [-0.2, -0.15) is 0 Å². The van der Waals surface area contributed by atoms with Crippen LogP contribution in [0, 0.1) is 11.7 Å². The standard InChI is InChI=1S/C51H54Cl2FN7O5/c1-58-41-27-31(13-18-39(41)61(49(58)66)40-19-20-42(62)57-46(40)63)10-9-30-21-25-60(26-22-30)29-32-11-15-34(16-12-32)55-47(64)45-43(35-7-6-8-37(53)44(35)54)51(50(59(45)2)23-4-3-5-24-50)36-17-14-33(52)28-38(36)56-48(51)65/h6-8,11-18,27-28,30,40,43,45H,3-5,9-10,19-26,29H2,1-2H3,(H,55,64)(H,56,65)(H,57,62,63)/t40?,43-,45+,51+/m0/s1. The maximum Gasteiger partial charge on any atom is 0.329 e. The highest BCUT2D eigenvalue weighted by Gasteiger charge is 2.74. The van der Waals surface area contributed by atoms with Gasteiger partial charge >= 0.3 is 5.69 Å². The third-order valence-corrected chi connectivity index (χ3v) is 16.3. The van der Waals surface area contributed by atoms with E-state index in [0.29, 0.717) is 47.1 Å². The first-order chi connectivity index (χ1) is 31.8. The summed E-state index contributed by atoms with van der Waals surface area (Å²) in [5, 5.41) is 9.07. The molecule has 0 radical (unpaired) electrons. The number of hydrogen-bond donors (Lipinski definition) is 3. The van der Waals surface area contributed by atoms with Gasteiger partial charge in [0.2, 0.25) is 23.6 Å². The number of halogens is 3. The number of aromatic nitrogens is 2. The third kappa shape index (κ3) is 7.28. The first-order valence-corrected chi connectivity index (χ1v) is 24.0. The van der Waals surface area contributed by atoms with Crippen LogP contribution in [0.25, 0.3) is 11.0 Å². The smallest absolute Gasteiger partial charge is 0.325 e. The van der Waals surface area contributed by atoms with E-state index < -0.39 is 40.7 Å². The van der Waals surface area contributed by atoms with Gasteiger partial charge < -0.3 is 10.6 Å². The zero-order chi connectivity index (χ0) is 46.1. The van der Waals surface area contributed by atoms with Crippen LogP contribution in [-0.2, 0) is 44.6 Å². The predicted molar refractivity (Wildman–Crippen MR) is 253 cm³/mol. The Morgan fingerprint density at radius 1 is 0.848 bits per heavy atom. The highest BCUT2D eigenvalue weighted by molar-refractivity contribution is 6.31. The monoisotopic (exact) mass is 933 g/mol. The molecule has 4 aromatic carbocycles. The maximum absolute atomic E-state index is 16.4. The minimum atomic E-state index is -1.30. The number of imide groups is 1. The van der Waals surface area contributed by atoms with E-state index in [1.165, 1.54) is 10.6 Å². The van der Waals surface area contributed by atoms with Gasteiger partial charge in [0.15, 0.2) is 0 Å². The van der Waals surface area contributed by atoms with Crippen molar-refractivity contribution in [1.82, 2.24) is 24.3 Å². The lowest BCUT2D eigenvalue weighted by molar-refractivity contribution is -0.135. The van der Waals surface area contributed by atoms with Gasteiger partial charge in [-0.1, -0.05) is 78.9 Å². The molecule has 15 heteroatoms. The fraction of sp³-hybridized carbons (Fsp3) is 0.431. The Morgan fingerprint density at radius 3 is 2.33 bits per heavy atom. The average molecular weight is 935 g/mol. The second-order valence-corrected chi connectivity index (χ2v) is 20.0. The molecule has 5 aromatic rings. The second kappa shape index (κ2) is 17.4. The number of hydrogen-bond acceptors (Lipinski definition) is 7. The summed E-state index contributed by atoms with van der Waals surface area (Å²) in [7, 11) is 3.64. The molecule has 10 rings (SSSR count). The summed E-state index contributed by atoms with van der Waals surface area (Å²) in [6.45, 7) is 2.71. The van der Waals surface area contributed by atoms with Crippen LogP contribution in [-0.4, -0.2) is 74.3 Å². The van der Waals surface area contributed by atoms with Crippen molar-refractivity contribution in [3.63, 3.8) is 0 Å². The molecule has 0 bridgehead atoms. The number of amides is 4. The van der Waals surface area contributed by atoms with Gasteiger partial charge in [-0.15, -0.1) is 0 Å². The van der Waals surface area contributed by atoms with Gasteiger partial charge in [0.25, 0.3) is 0 Å². The number of nitrogens with one attached hydrogen (secondary N) is 3. The first kappa shape index (κ1) is 44.5. The molecule has 1 aliphatic carbocycles. The number of carbonyl (C=O) groups is 4. The van der Waals surface area contributed by atoms with E-state index in [9.17, 15) is 24.0 Å². The summed E-state index contributed by atoms with van der Waals surface area (Å²) >= 11 is 12.9.